The Morgan fingerprint density at radius 3 is 2.36 bits per heavy atom. The molecule has 0 aliphatic carbocycles. The van der Waals surface area contributed by atoms with E-state index in [1.54, 1.807) is 0 Å². The summed E-state index contributed by atoms with van der Waals surface area (Å²) in [7, 11) is 0. The van der Waals surface area contributed by atoms with E-state index < -0.39 is 0 Å². The van der Waals surface area contributed by atoms with E-state index >= 15 is 0 Å². The molecule has 0 spiro atoms. The lowest BCUT2D eigenvalue weighted by molar-refractivity contribution is 0.514. The van der Waals surface area contributed by atoms with Crippen LogP contribution in [0.3, 0.4) is 0 Å². The summed E-state index contributed by atoms with van der Waals surface area (Å²) < 4.78 is 0. The molecule has 0 aromatic rings. The van der Waals surface area contributed by atoms with E-state index in [0.29, 0.717) is 0 Å². The monoisotopic (exact) mass is 197 g/mol. The zero-order valence-corrected chi connectivity index (χ0v) is 10.2. The van der Waals surface area contributed by atoms with Crippen LogP contribution in [0.5, 0.6) is 0 Å². The molecule has 0 bridgehead atoms. The Morgan fingerprint density at radius 1 is 1.14 bits per heavy atom. The Morgan fingerprint density at radius 2 is 1.79 bits per heavy atom. The second-order valence-electron chi connectivity index (χ2n) is 4.73. The van der Waals surface area contributed by atoms with Crippen molar-refractivity contribution >= 4 is 0 Å². The topological polar surface area (TPSA) is 12.0 Å². The lowest BCUT2D eigenvalue weighted by Crippen LogP contribution is -2.16. The zero-order valence-electron chi connectivity index (χ0n) is 10.2. The first-order valence-corrected chi connectivity index (χ1v) is 5.98. The van der Waals surface area contributed by atoms with Crippen LogP contribution < -0.4 is 5.32 Å². The fraction of sp³-hybridized carbons (Fsp3) is 0.846. The molecule has 0 rings (SSSR count). The third kappa shape index (κ3) is 11.7. The summed E-state index contributed by atoms with van der Waals surface area (Å²) in [5.41, 5.74) is 1.23. The van der Waals surface area contributed by atoms with Crippen molar-refractivity contribution in [1.82, 2.24) is 5.32 Å². The molecule has 0 saturated carbocycles. The second kappa shape index (κ2) is 9.26. The maximum absolute atomic E-state index is 3.86. The minimum atomic E-state index is 0.872. The van der Waals surface area contributed by atoms with Gasteiger partial charge < -0.3 is 5.32 Å². The molecule has 0 saturated heterocycles. The molecule has 0 aromatic carbocycles. The highest BCUT2D eigenvalue weighted by Crippen LogP contribution is 2.08. The molecule has 0 unspecified atom stereocenters. The first-order valence-electron chi connectivity index (χ1n) is 5.98. The molecule has 0 aliphatic rings. The van der Waals surface area contributed by atoms with E-state index in [1.807, 2.05) is 0 Å². The fourth-order valence-electron chi connectivity index (χ4n) is 1.46. The molecule has 0 radical (unpaired) electrons. The van der Waals surface area contributed by atoms with E-state index in [4.69, 9.17) is 0 Å². The predicted molar refractivity (Wildman–Crippen MR) is 65.6 cm³/mol. The van der Waals surface area contributed by atoms with Crippen molar-refractivity contribution in [3.05, 3.63) is 12.2 Å². The minimum Gasteiger partial charge on any atom is -0.313 e. The van der Waals surface area contributed by atoms with Crippen LogP contribution in [0.4, 0.5) is 0 Å². The summed E-state index contributed by atoms with van der Waals surface area (Å²) >= 11 is 0. The van der Waals surface area contributed by atoms with Gasteiger partial charge in [0.25, 0.3) is 0 Å². The van der Waals surface area contributed by atoms with Crippen molar-refractivity contribution in [2.24, 2.45) is 5.92 Å². The Hall–Kier alpha value is -0.300. The van der Waals surface area contributed by atoms with Gasteiger partial charge in [-0.05, 0) is 25.8 Å². The van der Waals surface area contributed by atoms with Crippen molar-refractivity contribution < 1.29 is 0 Å². The predicted octanol–water partition coefficient (Wildman–Crippen LogP) is 3.76. The normalized spacial score (nSPS) is 10.9. The first kappa shape index (κ1) is 13.7. The first-order chi connectivity index (χ1) is 6.63. The molecule has 0 fully saturated rings. The smallest absolute Gasteiger partial charge is 0.0159 e. The maximum Gasteiger partial charge on any atom is 0.0159 e. The summed E-state index contributed by atoms with van der Waals surface area (Å²) in [6, 6.07) is 0. The molecule has 14 heavy (non-hydrogen) atoms. The number of hydrogen-bond acceptors (Lipinski definition) is 1. The molecule has 1 nitrogen and oxygen atoms in total. The summed E-state index contributed by atoms with van der Waals surface area (Å²) in [5, 5.41) is 3.38. The van der Waals surface area contributed by atoms with Crippen molar-refractivity contribution in [3.8, 4) is 0 Å². The lowest BCUT2D eigenvalue weighted by Gasteiger charge is -2.05. The number of unbranched alkanes of at least 4 members (excludes halogenated alkanes) is 3. The van der Waals surface area contributed by atoms with Gasteiger partial charge in [-0.1, -0.05) is 51.7 Å². The molecule has 1 N–H and O–H groups in total. The van der Waals surface area contributed by atoms with E-state index in [1.165, 1.54) is 37.7 Å². The van der Waals surface area contributed by atoms with Crippen LogP contribution >= 0.6 is 0 Å². The van der Waals surface area contributed by atoms with Gasteiger partial charge in [0.15, 0.2) is 0 Å². The molecule has 0 atom stereocenters. The van der Waals surface area contributed by atoms with Gasteiger partial charge in [-0.2, -0.15) is 0 Å². The summed E-state index contributed by atoms with van der Waals surface area (Å²) in [5.74, 6) is 0.872. The van der Waals surface area contributed by atoms with Crippen LogP contribution in [0.1, 0.15) is 52.9 Å². The highest BCUT2D eigenvalue weighted by molar-refractivity contribution is 4.90. The van der Waals surface area contributed by atoms with Gasteiger partial charge in [0.1, 0.15) is 0 Å². The Bertz CT molecular complexity index is 138. The van der Waals surface area contributed by atoms with E-state index in [9.17, 15) is 0 Å². The van der Waals surface area contributed by atoms with Crippen molar-refractivity contribution in [2.75, 3.05) is 13.1 Å². The summed E-state index contributed by atoms with van der Waals surface area (Å²) in [4.78, 5) is 0. The molecular weight excluding hydrogens is 170 g/mol. The SMILES string of the molecule is C=C(C)CNCCCCCCC(C)C. The van der Waals surface area contributed by atoms with Gasteiger partial charge in [0.2, 0.25) is 0 Å². The molecule has 0 heterocycles. The molecule has 1 heteroatoms. The van der Waals surface area contributed by atoms with Gasteiger partial charge in [-0.15, -0.1) is 0 Å². The molecule has 0 aromatic heterocycles. The van der Waals surface area contributed by atoms with Gasteiger partial charge in [0, 0.05) is 6.54 Å². The molecule has 0 amide bonds. The van der Waals surface area contributed by atoms with E-state index in [0.717, 1.165) is 19.0 Å². The maximum atomic E-state index is 3.86. The third-order valence-electron chi connectivity index (χ3n) is 2.31. The standard InChI is InChI=1S/C13H27N/c1-12(2)9-7-5-6-8-10-14-11-13(3)4/h12,14H,3,5-11H2,1-2,4H3. The average molecular weight is 197 g/mol. The highest BCUT2D eigenvalue weighted by Gasteiger charge is 1.94. The second-order valence-corrected chi connectivity index (χ2v) is 4.73. The molecule has 84 valence electrons. The fourth-order valence-corrected chi connectivity index (χ4v) is 1.46. The minimum absolute atomic E-state index is 0.872. The Labute approximate surface area is 90.0 Å². The average Bonchev–Trinajstić information content (AvgIpc) is 2.08. The van der Waals surface area contributed by atoms with Gasteiger partial charge in [-0.3, -0.25) is 0 Å². The van der Waals surface area contributed by atoms with Crippen LogP contribution in [0.25, 0.3) is 0 Å². The molecular formula is C13H27N. The van der Waals surface area contributed by atoms with Gasteiger partial charge in [0.05, 0.1) is 0 Å². The highest BCUT2D eigenvalue weighted by atomic mass is 14.8. The zero-order chi connectivity index (χ0) is 10.8. The Balaban J connectivity index is 2.96. The largest absolute Gasteiger partial charge is 0.313 e. The van der Waals surface area contributed by atoms with Crippen molar-refractivity contribution in [3.63, 3.8) is 0 Å². The Kier molecular flexibility index (Phi) is 9.06. The van der Waals surface area contributed by atoms with Gasteiger partial charge >= 0.3 is 0 Å². The van der Waals surface area contributed by atoms with Crippen LogP contribution in [-0.4, -0.2) is 13.1 Å². The summed E-state index contributed by atoms with van der Waals surface area (Å²) in [6.45, 7) is 12.6. The van der Waals surface area contributed by atoms with E-state index in [2.05, 4.69) is 32.7 Å². The van der Waals surface area contributed by atoms with E-state index in [-0.39, 0.29) is 0 Å². The molecule has 0 aliphatic heterocycles. The van der Waals surface area contributed by atoms with Crippen LogP contribution in [0.15, 0.2) is 12.2 Å². The third-order valence-corrected chi connectivity index (χ3v) is 2.31. The van der Waals surface area contributed by atoms with Gasteiger partial charge in [-0.25, -0.2) is 0 Å². The van der Waals surface area contributed by atoms with Crippen LogP contribution in [-0.2, 0) is 0 Å². The van der Waals surface area contributed by atoms with Crippen molar-refractivity contribution in [1.29, 1.82) is 0 Å². The number of hydrogen-bond donors (Lipinski definition) is 1. The number of nitrogens with one attached hydrogen (secondary N) is 1. The van der Waals surface area contributed by atoms with Crippen LogP contribution in [0, 0.1) is 5.92 Å². The quantitative estimate of drug-likeness (QED) is 0.438. The van der Waals surface area contributed by atoms with Crippen molar-refractivity contribution in [2.45, 2.75) is 52.9 Å². The number of rotatable bonds is 9. The summed E-state index contributed by atoms with van der Waals surface area (Å²) in [6.07, 6.45) is 6.87. The lowest BCUT2D eigenvalue weighted by atomic mass is 10.0. The van der Waals surface area contributed by atoms with Crippen LogP contribution in [0.2, 0.25) is 0 Å².